The fourth-order valence-electron chi connectivity index (χ4n) is 2.32. The van der Waals surface area contributed by atoms with Gasteiger partial charge in [0.25, 0.3) is 0 Å². The zero-order valence-corrected chi connectivity index (χ0v) is 13.7. The Morgan fingerprint density at radius 2 is 2.09 bits per heavy atom. The van der Waals surface area contributed by atoms with Gasteiger partial charge in [-0.1, -0.05) is 12.8 Å². The molecular formula is C17H25FN2O2. The van der Waals surface area contributed by atoms with Crippen LogP contribution in [0.25, 0.3) is 0 Å². The molecule has 1 aromatic carbocycles. The van der Waals surface area contributed by atoms with Crippen LogP contribution in [-0.2, 0) is 4.74 Å². The highest BCUT2D eigenvalue weighted by molar-refractivity contribution is 5.85. The summed E-state index contributed by atoms with van der Waals surface area (Å²) in [6.07, 6.45) is 3.07. The van der Waals surface area contributed by atoms with Crippen molar-refractivity contribution in [3.63, 3.8) is 0 Å². The Kier molecular flexibility index (Phi) is 4.94. The van der Waals surface area contributed by atoms with Gasteiger partial charge in [0.1, 0.15) is 11.4 Å². The molecule has 2 rings (SSSR count). The zero-order chi connectivity index (χ0) is 16.3. The molecule has 1 fully saturated rings. The summed E-state index contributed by atoms with van der Waals surface area (Å²) in [4.78, 5) is 11.7. The summed E-state index contributed by atoms with van der Waals surface area (Å²) in [5.74, 6) is 0.341. The minimum absolute atomic E-state index is 0.123. The van der Waals surface area contributed by atoms with E-state index >= 15 is 0 Å². The van der Waals surface area contributed by atoms with Crippen molar-refractivity contribution in [3.05, 3.63) is 24.0 Å². The van der Waals surface area contributed by atoms with Crippen LogP contribution >= 0.6 is 0 Å². The number of anilines is 2. The van der Waals surface area contributed by atoms with E-state index in [-0.39, 0.29) is 5.69 Å². The van der Waals surface area contributed by atoms with Crippen LogP contribution in [0.5, 0.6) is 0 Å². The predicted molar refractivity (Wildman–Crippen MR) is 86.7 cm³/mol. The maximum atomic E-state index is 13.8. The van der Waals surface area contributed by atoms with E-state index in [2.05, 4.69) is 17.6 Å². The Hall–Kier alpha value is -1.78. The van der Waals surface area contributed by atoms with Gasteiger partial charge >= 0.3 is 6.09 Å². The lowest BCUT2D eigenvalue weighted by molar-refractivity contribution is 0.0635. The Morgan fingerprint density at radius 3 is 2.68 bits per heavy atom. The minimum Gasteiger partial charge on any atom is -0.444 e. The van der Waals surface area contributed by atoms with Crippen LogP contribution in [0.15, 0.2) is 18.2 Å². The van der Waals surface area contributed by atoms with E-state index in [9.17, 15) is 9.18 Å². The summed E-state index contributed by atoms with van der Waals surface area (Å²) in [5.41, 5.74) is 0.299. The van der Waals surface area contributed by atoms with Crippen molar-refractivity contribution < 1.29 is 13.9 Å². The molecule has 1 aromatic rings. The molecule has 2 N–H and O–H groups in total. The molecule has 5 heteroatoms. The first-order valence-electron chi connectivity index (χ1n) is 7.79. The number of amides is 1. The average molecular weight is 308 g/mol. The van der Waals surface area contributed by atoms with Crippen molar-refractivity contribution in [3.8, 4) is 0 Å². The molecule has 0 saturated heterocycles. The highest BCUT2D eigenvalue weighted by Gasteiger charge is 2.23. The van der Waals surface area contributed by atoms with Crippen molar-refractivity contribution in [2.24, 2.45) is 5.92 Å². The van der Waals surface area contributed by atoms with Gasteiger partial charge in [-0.2, -0.15) is 0 Å². The average Bonchev–Trinajstić information content (AvgIpc) is 3.14. The number of hydrogen-bond donors (Lipinski definition) is 2. The molecule has 0 aliphatic heterocycles. The van der Waals surface area contributed by atoms with Crippen LogP contribution in [0.2, 0.25) is 0 Å². The summed E-state index contributed by atoms with van der Waals surface area (Å²) in [5, 5.41) is 5.80. The smallest absolute Gasteiger partial charge is 0.412 e. The molecule has 0 heterocycles. The molecule has 122 valence electrons. The lowest BCUT2D eigenvalue weighted by Crippen LogP contribution is -2.27. The number of carbonyl (C=O) groups is 1. The molecule has 0 aromatic heterocycles. The highest BCUT2D eigenvalue weighted by Crippen LogP contribution is 2.34. The van der Waals surface area contributed by atoms with E-state index in [1.807, 2.05) is 0 Å². The third-order valence-electron chi connectivity index (χ3n) is 3.40. The van der Waals surface area contributed by atoms with Crippen LogP contribution < -0.4 is 10.6 Å². The highest BCUT2D eigenvalue weighted by atomic mass is 19.1. The van der Waals surface area contributed by atoms with Gasteiger partial charge in [-0.15, -0.1) is 0 Å². The quantitative estimate of drug-likeness (QED) is 0.823. The molecule has 4 nitrogen and oxygen atoms in total. The van der Waals surface area contributed by atoms with E-state index < -0.39 is 17.5 Å². The summed E-state index contributed by atoms with van der Waals surface area (Å²) >= 11 is 0. The van der Waals surface area contributed by atoms with Crippen molar-refractivity contribution in [2.45, 2.75) is 58.6 Å². The second-order valence-corrected chi connectivity index (χ2v) is 7.05. The fourth-order valence-corrected chi connectivity index (χ4v) is 2.32. The van der Waals surface area contributed by atoms with Gasteiger partial charge in [0.05, 0.1) is 5.69 Å². The van der Waals surface area contributed by atoms with Gasteiger partial charge in [-0.05, 0) is 58.2 Å². The fraction of sp³-hybridized carbons (Fsp3) is 0.588. The Balaban J connectivity index is 1.98. The summed E-state index contributed by atoms with van der Waals surface area (Å²) in [6.45, 7) is 7.41. The second-order valence-electron chi connectivity index (χ2n) is 7.05. The van der Waals surface area contributed by atoms with Crippen LogP contribution in [0, 0.1) is 11.7 Å². The zero-order valence-electron chi connectivity index (χ0n) is 13.7. The molecule has 1 aliphatic carbocycles. The molecule has 0 spiro atoms. The van der Waals surface area contributed by atoms with E-state index in [0.717, 1.165) is 18.0 Å². The summed E-state index contributed by atoms with van der Waals surface area (Å²) in [6, 6.07) is 4.95. The van der Waals surface area contributed by atoms with Crippen molar-refractivity contribution >= 4 is 17.5 Å². The lowest BCUT2D eigenvalue weighted by atomic mass is 10.1. The van der Waals surface area contributed by atoms with Crippen LogP contribution in [0.1, 0.15) is 47.0 Å². The molecule has 1 unspecified atom stereocenters. The normalized spacial score (nSPS) is 16.0. The maximum absolute atomic E-state index is 13.8. The summed E-state index contributed by atoms with van der Waals surface area (Å²) < 4.78 is 19.0. The SMILES string of the molecule is CC(CC1CC1)Nc1ccc(F)c(NC(=O)OC(C)(C)C)c1. The monoisotopic (exact) mass is 308 g/mol. The van der Waals surface area contributed by atoms with Crippen LogP contribution in [-0.4, -0.2) is 17.7 Å². The number of benzene rings is 1. The standard InChI is InChI=1S/C17H25FN2O2/c1-11(9-12-5-6-12)19-13-7-8-14(18)15(10-13)20-16(21)22-17(2,3)4/h7-8,10-12,19H,5-6,9H2,1-4H3,(H,20,21). The number of hydrogen-bond acceptors (Lipinski definition) is 3. The first-order valence-corrected chi connectivity index (χ1v) is 7.79. The molecule has 1 amide bonds. The topological polar surface area (TPSA) is 50.4 Å². The number of carbonyl (C=O) groups excluding carboxylic acids is 1. The third-order valence-corrected chi connectivity index (χ3v) is 3.40. The van der Waals surface area contributed by atoms with E-state index in [1.54, 1.807) is 32.9 Å². The Morgan fingerprint density at radius 1 is 1.41 bits per heavy atom. The van der Waals surface area contributed by atoms with Gasteiger partial charge in [-0.3, -0.25) is 5.32 Å². The predicted octanol–water partition coefficient (Wildman–Crippen LogP) is 4.77. The van der Waals surface area contributed by atoms with E-state index in [1.165, 1.54) is 18.9 Å². The first-order chi connectivity index (χ1) is 10.2. The Bertz CT molecular complexity index is 536. The summed E-state index contributed by atoms with van der Waals surface area (Å²) in [7, 11) is 0. The molecule has 1 atom stereocenters. The van der Waals surface area contributed by atoms with Crippen molar-refractivity contribution in [1.82, 2.24) is 0 Å². The van der Waals surface area contributed by atoms with Crippen LogP contribution in [0.4, 0.5) is 20.6 Å². The number of ether oxygens (including phenoxy) is 1. The van der Waals surface area contributed by atoms with Gasteiger partial charge in [0, 0.05) is 11.7 Å². The maximum Gasteiger partial charge on any atom is 0.412 e. The minimum atomic E-state index is -0.658. The number of nitrogens with one attached hydrogen (secondary N) is 2. The first kappa shape index (κ1) is 16.6. The van der Waals surface area contributed by atoms with Gasteiger partial charge < -0.3 is 10.1 Å². The molecule has 0 bridgehead atoms. The largest absolute Gasteiger partial charge is 0.444 e. The van der Waals surface area contributed by atoms with Gasteiger partial charge in [-0.25, -0.2) is 9.18 Å². The second kappa shape index (κ2) is 6.55. The van der Waals surface area contributed by atoms with E-state index in [4.69, 9.17) is 4.74 Å². The van der Waals surface area contributed by atoms with Crippen molar-refractivity contribution in [1.29, 1.82) is 0 Å². The molecule has 1 aliphatic rings. The lowest BCUT2D eigenvalue weighted by Gasteiger charge is -2.20. The number of halogens is 1. The van der Waals surface area contributed by atoms with Crippen molar-refractivity contribution in [2.75, 3.05) is 10.6 Å². The molecule has 22 heavy (non-hydrogen) atoms. The third kappa shape index (κ3) is 5.54. The van der Waals surface area contributed by atoms with Gasteiger partial charge in [0.2, 0.25) is 0 Å². The number of rotatable bonds is 5. The molecular weight excluding hydrogens is 283 g/mol. The Labute approximate surface area is 131 Å². The molecule has 0 radical (unpaired) electrons. The van der Waals surface area contributed by atoms with Gasteiger partial charge in [0.15, 0.2) is 0 Å². The van der Waals surface area contributed by atoms with E-state index in [0.29, 0.717) is 6.04 Å². The van der Waals surface area contributed by atoms with Crippen LogP contribution in [0.3, 0.4) is 0 Å². The molecule has 1 saturated carbocycles.